The van der Waals surface area contributed by atoms with Crippen molar-refractivity contribution in [2.75, 3.05) is 14.2 Å². The van der Waals surface area contributed by atoms with Crippen molar-refractivity contribution in [2.24, 2.45) is 0 Å². The van der Waals surface area contributed by atoms with Crippen LogP contribution in [0.3, 0.4) is 0 Å². The molecule has 0 amide bonds. The van der Waals surface area contributed by atoms with Crippen LogP contribution in [-0.4, -0.2) is 14.2 Å². The third kappa shape index (κ3) is 3.51. The zero-order chi connectivity index (χ0) is 16.1. The number of rotatable bonds is 3. The largest absolute Gasteiger partial charge is 0.496 e. The average Bonchev–Trinajstić information content (AvgIpc) is 2.52. The van der Waals surface area contributed by atoms with E-state index in [0.29, 0.717) is 0 Å². The second-order valence-corrected chi connectivity index (χ2v) is 5.14. The first-order chi connectivity index (χ1) is 10.5. The fraction of sp³-hybridized carbons (Fsp3) is 0.200. The molecule has 2 aromatic carbocycles. The lowest BCUT2D eigenvalue weighted by atomic mass is 10.0. The summed E-state index contributed by atoms with van der Waals surface area (Å²) in [7, 11) is 3.31. The van der Waals surface area contributed by atoms with Gasteiger partial charge in [-0.25, -0.2) is 0 Å². The van der Waals surface area contributed by atoms with Gasteiger partial charge in [0.15, 0.2) is 0 Å². The molecule has 0 bridgehead atoms. The number of aryl methyl sites for hydroxylation is 2. The Kier molecular flexibility index (Phi) is 4.91. The van der Waals surface area contributed by atoms with Crippen LogP contribution in [0.4, 0.5) is 0 Å². The highest BCUT2D eigenvalue weighted by molar-refractivity contribution is 5.81. The Labute approximate surface area is 132 Å². The van der Waals surface area contributed by atoms with Crippen LogP contribution >= 0.6 is 0 Å². The highest BCUT2D eigenvalue weighted by atomic mass is 16.5. The van der Waals surface area contributed by atoms with Crippen molar-refractivity contribution in [1.29, 1.82) is 0 Å². The van der Waals surface area contributed by atoms with Crippen LogP contribution in [0.1, 0.15) is 22.3 Å². The van der Waals surface area contributed by atoms with Crippen molar-refractivity contribution in [2.45, 2.75) is 13.8 Å². The fourth-order valence-electron chi connectivity index (χ4n) is 2.16. The topological polar surface area (TPSA) is 18.5 Å². The minimum atomic E-state index is 0.722. The Hall–Kier alpha value is -2.66. The van der Waals surface area contributed by atoms with E-state index in [2.05, 4.69) is 18.4 Å². The molecule has 0 spiro atoms. The van der Waals surface area contributed by atoms with E-state index >= 15 is 0 Å². The summed E-state index contributed by atoms with van der Waals surface area (Å²) in [6.07, 6.45) is 0. The molecule has 0 saturated heterocycles. The van der Waals surface area contributed by atoms with Gasteiger partial charge in [-0.05, 0) is 49.2 Å². The molecule has 0 N–H and O–H groups in total. The first kappa shape index (κ1) is 15.7. The van der Waals surface area contributed by atoms with Crippen molar-refractivity contribution in [3.63, 3.8) is 0 Å². The lowest BCUT2D eigenvalue weighted by Crippen LogP contribution is -1.91. The zero-order valence-corrected chi connectivity index (χ0v) is 13.5. The van der Waals surface area contributed by atoms with Crippen LogP contribution < -0.4 is 9.47 Å². The van der Waals surface area contributed by atoms with Gasteiger partial charge in [0.1, 0.15) is 11.5 Å². The molecule has 2 heteroatoms. The SMILES string of the molecule is C=C(C#Cc1ccc(C)cc1OC)c1ccc(C)cc1OC. The molecule has 0 radical (unpaired) electrons. The Bertz CT molecular complexity index is 761. The number of hydrogen-bond donors (Lipinski definition) is 0. The molecule has 0 aromatic heterocycles. The molecule has 0 unspecified atom stereocenters. The van der Waals surface area contributed by atoms with E-state index in [9.17, 15) is 0 Å². The molecule has 2 aromatic rings. The number of benzene rings is 2. The molecule has 112 valence electrons. The van der Waals surface area contributed by atoms with E-state index in [4.69, 9.17) is 9.47 Å². The molecule has 2 nitrogen and oxygen atoms in total. The minimum absolute atomic E-state index is 0.722. The normalized spacial score (nSPS) is 9.64. The molecule has 0 aliphatic rings. The third-order valence-corrected chi connectivity index (χ3v) is 3.39. The first-order valence-corrected chi connectivity index (χ1v) is 7.05. The van der Waals surface area contributed by atoms with Crippen molar-refractivity contribution in [1.82, 2.24) is 0 Å². The second-order valence-electron chi connectivity index (χ2n) is 5.14. The molecule has 0 aliphatic carbocycles. The van der Waals surface area contributed by atoms with E-state index < -0.39 is 0 Å². The number of methoxy groups -OCH3 is 2. The zero-order valence-electron chi connectivity index (χ0n) is 13.5. The van der Waals surface area contributed by atoms with Gasteiger partial charge >= 0.3 is 0 Å². The van der Waals surface area contributed by atoms with Gasteiger partial charge in [-0.2, -0.15) is 0 Å². The Morgan fingerprint density at radius 3 is 2.14 bits per heavy atom. The van der Waals surface area contributed by atoms with Crippen LogP contribution in [0, 0.1) is 25.7 Å². The summed E-state index contributed by atoms with van der Waals surface area (Å²) in [5.41, 5.74) is 4.76. The monoisotopic (exact) mass is 292 g/mol. The van der Waals surface area contributed by atoms with E-state index in [1.54, 1.807) is 14.2 Å². The molecule has 0 atom stereocenters. The summed E-state index contributed by atoms with van der Waals surface area (Å²) < 4.78 is 10.8. The van der Waals surface area contributed by atoms with E-state index in [0.717, 1.165) is 39.3 Å². The summed E-state index contributed by atoms with van der Waals surface area (Å²) in [4.78, 5) is 0. The maximum atomic E-state index is 5.41. The fourth-order valence-corrected chi connectivity index (χ4v) is 2.16. The van der Waals surface area contributed by atoms with Crippen LogP contribution in [0.15, 0.2) is 43.0 Å². The van der Waals surface area contributed by atoms with Gasteiger partial charge in [0.2, 0.25) is 0 Å². The number of ether oxygens (including phenoxy) is 2. The lowest BCUT2D eigenvalue weighted by molar-refractivity contribution is 0.413. The maximum Gasteiger partial charge on any atom is 0.134 e. The van der Waals surface area contributed by atoms with Gasteiger partial charge in [0.05, 0.1) is 19.8 Å². The van der Waals surface area contributed by atoms with Crippen molar-refractivity contribution in [3.8, 4) is 23.3 Å². The van der Waals surface area contributed by atoms with Gasteiger partial charge in [-0.15, -0.1) is 0 Å². The minimum Gasteiger partial charge on any atom is -0.496 e. The third-order valence-electron chi connectivity index (χ3n) is 3.39. The van der Waals surface area contributed by atoms with Gasteiger partial charge in [0, 0.05) is 11.1 Å². The van der Waals surface area contributed by atoms with E-state index in [1.165, 1.54) is 0 Å². The van der Waals surface area contributed by atoms with Crippen molar-refractivity contribution < 1.29 is 9.47 Å². The highest BCUT2D eigenvalue weighted by Gasteiger charge is 2.05. The number of allylic oxidation sites excluding steroid dienone is 1. The van der Waals surface area contributed by atoms with Crippen LogP contribution in [0.25, 0.3) is 5.57 Å². The standard InChI is InChI=1S/C20H20O2/c1-14-6-9-17(19(12-14)21-4)10-8-16(3)18-11-7-15(2)13-20(18)22-5/h6-7,9,11-13H,3H2,1-2,4-5H3. The van der Waals surface area contributed by atoms with Crippen LogP contribution in [0.5, 0.6) is 11.5 Å². The second kappa shape index (κ2) is 6.87. The summed E-state index contributed by atoms with van der Waals surface area (Å²) in [6.45, 7) is 8.11. The molecule has 0 saturated carbocycles. The van der Waals surface area contributed by atoms with E-state index in [1.807, 2.05) is 50.2 Å². The van der Waals surface area contributed by atoms with Gasteiger partial charge < -0.3 is 9.47 Å². The van der Waals surface area contributed by atoms with Gasteiger partial charge in [-0.3, -0.25) is 0 Å². The molecular weight excluding hydrogens is 272 g/mol. The first-order valence-electron chi connectivity index (χ1n) is 7.05. The average molecular weight is 292 g/mol. The smallest absolute Gasteiger partial charge is 0.134 e. The predicted molar refractivity (Wildman–Crippen MR) is 91.4 cm³/mol. The maximum absolute atomic E-state index is 5.41. The van der Waals surface area contributed by atoms with Gasteiger partial charge in [0.25, 0.3) is 0 Å². The molecule has 22 heavy (non-hydrogen) atoms. The molecule has 0 heterocycles. The molecule has 0 aliphatic heterocycles. The summed E-state index contributed by atoms with van der Waals surface area (Å²) in [5.74, 6) is 7.79. The summed E-state index contributed by atoms with van der Waals surface area (Å²) in [5, 5.41) is 0. The van der Waals surface area contributed by atoms with Gasteiger partial charge in [-0.1, -0.05) is 30.6 Å². The lowest BCUT2D eigenvalue weighted by Gasteiger charge is -2.08. The van der Waals surface area contributed by atoms with Crippen LogP contribution in [0.2, 0.25) is 0 Å². The summed E-state index contributed by atoms with van der Waals surface area (Å²) in [6, 6.07) is 11.9. The summed E-state index contributed by atoms with van der Waals surface area (Å²) >= 11 is 0. The highest BCUT2D eigenvalue weighted by Crippen LogP contribution is 2.26. The Morgan fingerprint density at radius 1 is 0.909 bits per heavy atom. The van der Waals surface area contributed by atoms with Crippen molar-refractivity contribution >= 4 is 5.57 Å². The Morgan fingerprint density at radius 2 is 1.50 bits per heavy atom. The molecule has 0 fully saturated rings. The molecule has 2 rings (SSSR count). The number of hydrogen-bond acceptors (Lipinski definition) is 2. The molecular formula is C20H20O2. The van der Waals surface area contributed by atoms with Crippen LogP contribution in [-0.2, 0) is 0 Å². The van der Waals surface area contributed by atoms with E-state index in [-0.39, 0.29) is 0 Å². The quantitative estimate of drug-likeness (QED) is 0.781. The predicted octanol–water partition coefficient (Wildman–Crippen LogP) is 4.39. The van der Waals surface area contributed by atoms with Crippen molar-refractivity contribution in [3.05, 3.63) is 65.2 Å². The Balaban J connectivity index is 2.35.